The number of hydrogen-bond acceptors (Lipinski definition) is 15. The normalized spacial score (nSPS) is 13.5. The van der Waals surface area contributed by atoms with E-state index < -0.39 is 6.08 Å². The van der Waals surface area contributed by atoms with Crippen molar-refractivity contribution in [2.75, 3.05) is 71.1 Å². The van der Waals surface area contributed by atoms with E-state index in [1.165, 1.54) is 0 Å². The summed E-state index contributed by atoms with van der Waals surface area (Å²) in [7, 11) is 3.16. The summed E-state index contributed by atoms with van der Waals surface area (Å²) in [5, 5.41) is 11.1. The van der Waals surface area contributed by atoms with E-state index in [1.807, 2.05) is 121 Å². The Bertz CT molecular complexity index is 3500. The summed E-state index contributed by atoms with van der Waals surface area (Å²) in [6.07, 6.45) is 0.103. The molecule has 12 rings (SSSR count). The monoisotopic (exact) mass is 990 g/mol. The summed E-state index contributed by atoms with van der Waals surface area (Å²) in [4.78, 5) is 68.1. The highest BCUT2D eigenvalue weighted by Gasteiger charge is 2.29. The van der Waals surface area contributed by atoms with Crippen molar-refractivity contribution >= 4 is 102 Å². The molecule has 6 aromatic carbocycles. The highest BCUT2D eigenvalue weighted by atomic mass is 18.2. The molecule has 19 heteroatoms. The van der Waals surface area contributed by atoms with Crippen LogP contribution in [0.15, 0.2) is 127 Å². The van der Waals surface area contributed by atoms with Crippen molar-refractivity contribution in [2.45, 2.75) is 27.2 Å². The molecule has 3 aliphatic heterocycles. The van der Waals surface area contributed by atoms with Crippen LogP contribution >= 0.6 is 0 Å². The van der Waals surface area contributed by atoms with Crippen LogP contribution in [-0.2, 0) is 14.4 Å². The predicted molar refractivity (Wildman–Crippen MR) is 283 cm³/mol. The van der Waals surface area contributed by atoms with Crippen LogP contribution in [0.25, 0.3) is 32.7 Å². The first-order chi connectivity index (χ1) is 36.0. The van der Waals surface area contributed by atoms with Gasteiger partial charge < -0.3 is 44.9 Å². The van der Waals surface area contributed by atoms with Gasteiger partial charge in [-0.1, -0.05) is 43.3 Å². The van der Waals surface area contributed by atoms with Gasteiger partial charge in [-0.05, 0) is 93.1 Å². The molecule has 74 heavy (non-hydrogen) atoms. The lowest BCUT2D eigenvalue weighted by atomic mass is 10.1. The molecule has 3 aromatic heterocycles. The van der Waals surface area contributed by atoms with E-state index in [9.17, 15) is 18.8 Å². The number of carbonyl (C=O) groups is 3. The molecule has 0 saturated carbocycles. The summed E-state index contributed by atoms with van der Waals surface area (Å²) < 4.78 is 30.0. The Morgan fingerprint density at radius 3 is 1.26 bits per heavy atom. The third kappa shape index (κ3) is 9.90. The van der Waals surface area contributed by atoms with Gasteiger partial charge in [-0.25, -0.2) is 24.9 Å². The molecule has 0 radical (unpaired) electrons. The first-order valence-electron chi connectivity index (χ1n) is 23.7. The Morgan fingerprint density at radius 2 is 0.851 bits per heavy atom. The number of fused-ring (bicyclic) bond motifs is 6. The van der Waals surface area contributed by atoms with Gasteiger partial charge in [0.05, 0.1) is 71.5 Å². The predicted octanol–water partition coefficient (Wildman–Crippen LogP) is 9.72. The van der Waals surface area contributed by atoms with E-state index in [-0.39, 0.29) is 37.4 Å². The lowest BCUT2D eigenvalue weighted by Crippen LogP contribution is -2.35. The number of ether oxygens (including phenoxy) is 3. The Kier molecular flexibility index (Phi) is 13.4. The minimum Gasteiger partial charge on any atom is -0.497 e. The second-order valence-corrected chi connectivity index (χ2v) is 17.3. The smallest absolute Gasteiger partial charge is 0.311 e. The number of rotatable bonds is 8. The minimum absolute atomic E-state index is 0.0414. The van der Waals surface area contributed by atoms with Crippen LogP contribution < -0.4 is 44.9 Å². The molecule has 0 bridgehead atoms. The molecule has 3 amide bonds. The number of hydrogen-bond donors (Lipinski definition) is 3. The van der Waals surface area contributed by atoms with Crippen molar-refractivity contribution in [3.8, 4) is 17.2 Å². The van der Waals surface area contributed by atoms with Gasteiger partial charge in [0.1, 0.15) is 66.0 Å². The van der Waals surface area contributed by atoms with Gasteiger partial charge in [0.15, 0.2) is 0 Å². The number of aryl methyl sites for hydroxylation is 2. The summed E-state index contributed by atoms with van der Waals surface area (Å²) >= 11 is 0. The number of nitrogens with zero attached hydrogens (tertiary/aromatic N) is 9. The van der Waals surface area contributed by atoms with Crippen LogP contribution in [0.4, 0.5) is 56.0 Å². The van der Waals surface area contributed by atoms with E-state index in [2.05, 4.69) is 52.8 Å². The van der Waals surface area contributed by atoms with Crippen molar-refractivity contribution in [1.82, 2.24) is 29.9 Å². The summed E-state index contributed by atoms with van der Waals surface area (Å²) in [5.74, 6) is 4.87. The Hall–Kier alpha value is -9.52. The maximum Gasteiger partial charge on any atom is 0.311 e. The zero-order chi connectivity index (χ0) is 51.5. The molecular formula is C55H49FN12O6. The Balaban J connectivity index is 0.000000127. The molecule has 3 N–H and O–H groups in total. The fourth-order valence-corrected chi connectivity index (χ4v) is 8.93. The number of carbonyl (C=O) groups excluding carboxylic acids is 3. The third-order valence-corrected chi connectivity index (χ3v) is 12.2. The fourth-order valence-electron chi connectivity index (χ4n) is 8.93. The molecule has 18 nitrogen and oxygen atoms in total. The van der Waals surface area contributed by atoms with Crippen molar-refractivity contribution in [2.24, 2.45) is 0 Å². The van der Waals surface area contributed by atoms with Crippen LogP contribution in [0, 0.1) is 19.9 Å². The number of para-hydroxylation sites is 3. The number of nitrogens with one attached hydrogen (secondary N) is 3. The van der Waals surface area contributed by atoms with Crippen LogP contribution in [0.5, 0.6) is 17.2 Å². The van der Waals surface area contributed by atoms with Crippen LogP contribution in [0.3, 0.4) is 0 Å². The molecule has 372 valence electrons. The Morgan fingerprint density at radius 1 is 0.486 bits per heavy atom. The van der Waals surface area contributed by atoms with Gasteiger partial charge in [0.2, 0.25) is 17.7 Å². The van der Waals surface area contributed by atoms with E-state index >= 15 is 0 Å². The number of halogens is 1. The molecule has 0 fully saturated rings. The quantitative estimate of drug-likeness (QED) is 0.121. The molecular weight excluding hydrogens is 942 g/mol. The zero-order valence-electron chi connectivity index (χ0n) is 41.0. The molecule has 0 aliphatic carbocycles. The number of methoxy groups -OCH3 is 2. The van der Waals surface area contributed by atoms with Crippen molar-refractivity contribution in [3.63, 3.8) is 0 Å². The topological polar surface area (TPSA) is 202 Å². The maximum absolute atomic E-state index is 13.9. The van der Waals surface area contributed by atoms with Gasteiger partial charge in [-0.3, -0.25) is 14.4 Å². The van der Waals surface area contributed by atoms with E-state index in [4.69, 9.17) is 14.2 Å². The lowest BCUT2D eigenvalue weighted by Gasteiger charge is -2.31. The van der Waals surface area contributed by atoms with E-state index in [0.717, 1.165) is 68.4 Å². The van der Waals surface area contributed by atoms with Crippen LogP contribution in [0.2, 0.25) is 0 Å². The SMILES string of the molecule is CCCOc1ccc2c(c1)NC(=O)CN2c1nc(C)nc2ccccc12.COc1ccc2c(c1)NC(=O)CN2c1nc([18F])nc2ccccc12.Cc1nc(N2CC(=O)Nc3cc(O[11CH3])ccc32)c2ccccc2n1. The maximum atomic E-state index is 13.9. The first kappa shape index (κ1) is 48.1. The molecule has 0 atom stereocenters. The molecule has 0 spiro atoms. The van der Waals surface area contributed by atoms with Crippen molar-refractivity contribution in [3.05, 3.63) is 145 Å². The second-order valence-electron chi connectivity index (χ2n) is 17.3. The molecule has 3 aliphatic rings. The fraction of sp³-hybridized carbons (Fsp3) is 0.182. The average molecular weight is 991 g/mol. The lowest BCUT2D eigenvalue weighted by molar-refractivity contribution is -0.115. The molecule has 0 saturated heterocycles. The number of aromatic nitrogens is 6. The average Bonchev–Trinajstić information content (AvgIpc) is 3.40. The van der Waals surface area contributed by atoms with Gasteiger partial charge in [0, 0.05) is 34.4 Å². The number of amides is 3. The van der Waals surface area contributed by atoms with Gasteiger partial charge in [-0.15, -0.1) is 0 Å². The second kappa shape index (κ2) is 20.7. The third-order valence-electron chi connectivity index (χ3n) is 12.2. The first-order valence-corrected chi connectivity index (χ1v) is 23.7. The molecule has 6 heterocycles. The highest BCUT2D eigenvalue weighted by Crippen LogP contribution is 2.42. The van der Waals surface area contributed by atoms with Crippen molar-refractivity contribution in [1.29, 1.82) is 0 Å². The Labute approximate surface area is 424 Å². The molecule has 0 unspecified atom stereocenters. The van der Waals surface area contributed by atoms with Crippen molar-refractivity contribution < 1.29 is 33.0 Å². The largest absolute Gasteiger partial charge is 0.497 e. The standard InChI is InChI=1S/C20H20N4O2.C18H16N4O2.C17H13FN4O2/c1-3-10-26-14-8-9-18-17(11-14)23-19(25)12-24(18)20-15-6-4-5-7-16(15)21-13(2)22-20;1-11-19-14-6-4-3-5-13(14)18(20-11)22-10-17(23)21-15-9-12(24-2)7-8-16(15)22;1-24-10-6-7-14-13(8-10)19-15(23)9-22(14)16-11-4-2-3-5-12(11)20-17(18)21-16/h4-9,11H,3,10,12H2,1-2H3,(H,23,25);3-9H,10H2,1-2H3,(H,21,23);2-8H,9H2,1H3,(H,19,23)/i;2-1;18-1. The summed E-state index contributed by atoms with van der Waals surface area (Å²) in [5.41, 5.74) is 6.76. The number of benzene rings is 6. The molecule has 9 aromatic rings. The van der Waals surface area contributed by atoms with Crippen LogP contribution in [0.1, 0.15) is 25.0 Å². The minimum atomic E-state index is -0.829. The van der Waals surface area contributed by atoms with E-state index in [1.54, 1.807) is 49.5 Å². The highest BCUT2D eigenvalue weighted by molar-refractivity contribution is 6.08. The van der Waals surface area contributed by atoms with Crippen LogP contribution in [-0.4, -0.2) is 88.1 Å². The van der Waals surface area contributed by atoms with E-state index in [0.29, 0.717) is 57.9 Å². The zero-order valence-corrected chi connectivity index (χ0v) is 41.0. The number of anilines is 9. The summed E-state index contributed by atoms with van der Waals surface area (Å²) in [6, 6.07) is 39.5. The summed E-state index contributed by atoms with van der Waals surface area (Å²) in [6.45, 7) is 6.89. The van der Waals surface area contributed by atoms with Gasteiger partial charge in [0.25, 0.3) is 0 Å². The van der Waals surface area contributed by atoms with Gasteiger partial charge in [-0.2, -0.15) is 9.37 Å². The van der Waals surface area contributed by atoms with Gasteiger partial charge >= 0.3 is 6.08 Å².